The second-order valence-electron chi connectivity index (χ2n) is 4.63. The monoisotopic (exact) mass is 343 g/mol. The van der Waals surface area contributed by atoms with Gasteiger partial charge in [-0.05, 0) is 12.1 Å². The van der Waals surface area contributed by atoms with Crippen LogP contribution < -0.4 is 0 Å². The maximum Gasteiger partial charge on any atom is 0.601 e. The summed E-state index contributed by atoms with van der Waals surface area (Å²) in [5.74, 6) is 0. The largest absolute Gasteiger partial charge is 0.601 e. The molecule has 0 aliphatic heterocycles. The average molecular weight is 343 g/mol. The highest BCUT2D eigenvalue weighted by Crippen LogP contribution is 2.55. The van der Waals surface area contributed by atoms with Crippen LogP contribution in [0.15, 0.2) is 36.4 Å². The zero-order chi connectivity index (χ0) is 16.9. The van der Waals surface area contributed by atoms with Gasteiger partial charge in [0.05, 0.1) is 22.0 Å². The molecule has 0 spiro atoms. The number of nitrogens with zero attached hydrogens (tertiary/aromatic N) is 2. The molecule has 3 rings (SSSR count). The molecule has 23 heavy (non-hydrogen) atoms. The van der Waals surface area contributed by atoms with Gasteiger partial charge < -0.3 is 0 Å². The first-order valence-electron chi connectivity index (χ1n) is 6.08. The smallest absolute Gasteiger partial charge is 0.258 e. The van der Waals surface area contributed by atoms with Crippen LogP contribution in [0.5, 0.6) is 0 Å². The van der Waals surface area contributed by atoms with Gasteiger partial charge in [0.15, 0.2) is 9.40 Å². The van der Waals surface area contributed by atoms with Crippen LogP contribution in [0.25, 0.3) is 20.2 Å². The molecule has 0 fully saturated rings. The molecule has 1 heterocycles. The summed E-state index contributed by atoms with van der Waals surface area (Å²) >= 11 is 0. The molecule has 118 valence electrons. The van der Waals surface area contributed by atoms with Crippen molar-refractivity contribution in [1.82, 2.24) is 0 Å². The number of benzene rings is 2. The molecule has 3 aromatic rings. The van der Waals surface area contributed by atoms with Crippen LogP contribution >= 0.6 is 10.5 Å². The van der Waals surface area contributed by atoms with Gasteiger partial charge in [-0.15, -0.1) is 13.2 Å². The fourth-order valence-corrected chi connectivity index (χ4v) is 4.41. The lowest BCUT2D eigenvalue weighted by atomic mass is 10.1. The molecule has 0 N–H and O–H groups in total. The third-order valence-electron chi connectivity index (χ3n) is 3.31. The second kappa shape index (κ2) is 4.88. The van der Waals surface area contributed by atoms with Crippen molar-refractivity contribution in [2.45, 2.75) is 5.51 Å². The summed E-state index contributed by atoms with van der Waals surface area (Å²) in [5.41, 5.74) is -5.59. The molecule has 0 aliphatic rings. The quantitative estimate of drug-likeness (QED) is 0.371. The third-order valence-corrected chi connectivity index (χ3v) is 5.33. The summed E-state index contributed by atoms with van der Waals surface area (Å²) in [6.45, 7) is 0. The highest BCUT2D eigenvalue weighted by atomic mass is 32.2. The van der Waals surface area contributed by atoms with Gasteiger partial charge >= 0.3 is 5.51 Å². The van der Waals surface area contributed by atoms with Crippen molar-refractivity contribution < 1.29 is 23.0 Å². The average Bonchev–Trinajstić information content (AvgIpc) is 2.79. The fourth-order valence-electron chi connectivity index (χ4n) is 2.40. The summed E-state index contributed by atoms with van der Waals surface area (Å²) in [6.07, 6.45) is 0. The van der Waals surface area contributed by atoms with Crippen LogP contribution in [0.2, 0.25) is 0 Å². The number of hydrogen-bond acceptors (Lipinski definition) is 4. The fraction of sp³-hybridized carbons (Fsp3) is 0.0769. The van der Waals surface area contributed by atoms with Gasteiger partial charge in [-0.3, -0.25) is 20.2 Å². The van der Waals surface area contributed by atoms with Crippen molar-refractivity contribution in [3.63, 3.8) is 0 Å². The van der Waals surface area contributed by atoms with Gasteiger partial charge in [0, 0.05) is 22.9 Å². The van der Waals surface area contributed by atoms with E-state index in [1.54, 1.807) is 0 Å². The molecule has 2 aromatic carbocycles. The Balaban J connectivity index is 2.50. The Kier molecular flexibility index (Phi) is 3.22. The van der Waals surface area contributed by atoms with E-state index in [-0.39, 0.29) is 20.2 Å². The van der Waals surface area contributed by atoms with E-state index in [4.69, 9.17) is 0 Å². The van der Waals surface area contributed by atoms with E-state index >= 15 is 0 Å². The maximum absolute atomic E-state index is 13.5. The van der Waals surface area contributed by atoms with E-state index < -0.39 is 37.2 Å². The lowest BCUT2D eigenvalue weighted by molar-refractivity contribution is -0.384. The first-order valence-corrected chi connectivity index (χ1v) is 7.31. The van der Waals surface area contributed by atoms with Gasteiger partial charge in [-0.1, -0.05) is 0 Å². The Morgan fingerprint density at radius 2 is 1.22 bits per heavy atom. The van der Waals surface area contributed by atoms with Gasteiger partial charge in [-0.25, -0.2) is 0 Å². The first-order chi connectivity index (χ1) is 10.7. The number of halogens is 3. The van der Waals surface area contributed by atoms with Crippen molar-refractivity contribution in [1.29, 1.82) is 0 Å². The van der Waals surface area contributed by atoms with Crippen LogP contribution in [0.1, 0.15) is 0 Å². The predicted molar refractivity (Wildman–Crippen MR) is 78.5 cm³/mol. The number of non-ortho nitro benzene ring substituents is 2. The van der Waals surface area contributed by atoms with Crippen LogP contribution in [0.3, 0.4) is 0 Å². The standard InChI is InChI=1S/C13H6F3N2O4S/c14-13(15,16)23-11-5-7(17(19)20)1-3-9(11)10-4-2-8(18(21)22)6-12(10)23/h1-6H/q+1. The van der Waals surface area contributed by atoms with Crippen LogP contribution in [-0.2, 0) is 5.51 Å². The number of alkyl halides is 3. The Morgan fingerprint density at radius 3 is 1.52 bits per heavy atom. The van der Waals surface area contributed by atoms with Crippen LogP contribution in [0, 0.1) is 20.2 Å². The number of fused-ring (bicyclic) bond motifs is 3. The number of thiophene rings is 1. The van der Waals surface area contributed by atoms with Crippen molar-refractivity contribution in [2.24, 2.45) is 0 Å². The minimum atomic E-state index is -4.69. The summed E-state index contributed by atoms with van der Waals surface area (Å²) < 4.78 is 39.9. The SMILES string of the molecule is O=[N+]([O-])c1ccc2c3ccc([N+](=O)[O-])cc3[s+](C(F)(F)F)c2c1. The number of hydrogen-bond donors (Lipinski definition) is 0. The molecule has 6 nitrogen and oxygen atoms in total. The zero-order valence-corrected chi connectivity index (χ0v) is 11.9. The van der Waals surface area contributed by atoms with Crippen molar-refractivity contribution in [3.8, 4) is 0 Å². The highest BCUT2D eigenvalue weighted by Gasteiger charge is 2.48. The number of nitro benzene ring substituents is 2. The van der Waals surface area contributed by atoms with E-state index in [0.717, 1.165) is 24.3 Å². The van der Waals surface area contributed by atoms with E-state index in [0.29, 0.717) is 0 Å². The molecule has 1 aromatic heterocycles. The Morgan fingerprint density at radius 1 is 0.826 bits per heavy atom. The normalized spacial score (nSPS) is 12.0. The molecule has 0 saturated carbocycles. The molecule has 0 aliphatic carbocycles. The van der Waals surface area contributed by atoms with Crippen molar-refractivity contribution >= 4 is 42.0 Å². The first kappa shape index (κ1) is 15.2. The van der Waals surface area contributed by atoms with E-state index in [9.17, 15) is 33.4 Å². The summed E-state index contributed by atoms with van der Waals surface area (Å²) in [6, 6.07) is 6.50. The number of nitro groups is 2. The van der Waals surface area contributed by atoms with Crippen molar-refractivity contribution in [2.75, 3.05) is 0 Å². The van der Waals surface area contributed by atoms with Gasteiger partial charge in [0.25, 0.3) is 11.4 Å². The van der Waals surface area contributed by atoms with Gasteiger partial charge in [0.1, 0.15) is 10.5 Å². The minimum Gasteiger partial charge on any atom is -0.258 e. The Hall–Kier alpha value is -2.75. The Labute approximate surface area is 128 Å². The molecule has 0 atom stereocenters. The topological polar surface area (TPSA) is 86.3 Å². The molecule has 0 bridgehead atoms. The van der Waals surface area contributed by atoms with Crippen LogP contribution in [0.4, 0.5) is 24.5 Å². The minimum absolute atomic E-state index is 0.209. The lowest BCUT2D eigenvalue weighted by Gasteiger charge is -1.96. The van der Waals surface area contributed by atoms with E-state index in [1.807, 2.05) is 0 Å². The van der Waals surface area contributed by atoms with Crippen molar-refractivity contribution in [3.05, 3.63) is 56.6 Å². The number of rotatable bonds is 2. The molecule has 0 radical (unpaired) electrons. The van der Waals surface area contributed by atoms with Gasteiger partial charge in [-0.2, -0.15) is 0 Å². The molecule has 0 saturated heterocycles. The summed E-state index contributed by atoms with van der Waals surface area (Å²) in [4.78, 5) is 20.1. The van der Waals surface area contributed by atoms with E-state index in [2.05, 4.69) is 0 Å². The summed E-state index contributed by atoms with van der Waals surface area (Å²) in [5, 5.41) is 22.0. The zero-order valence-electron chi connectivity index (χ0n) is 11.0. The third kappa shape index (κ3) is 2.36. The molecule has 10 heteroatoms. The molecular formula is C13H6F3N2O4S+. The highest BCUT2D eigenvalue weighted by molar-refractivity contribution is 7.44. The second-order valence-corrected chi connectivity index (χ2v) is 6.58. The Bertz CT molecular complexity index is 909. The summed E-state index contributed by atoms with van der Waals surface area (Å²) in [7, 11) is -2.46. The van der Waals surface area contributed by atoms with Crippen LogP contribution in [-0.4, -0.2) is 9.85 Å². The van der Waals surface area contributed by atoms with E-state index in [1.165, 1.54) is 12.1 Å². The van der Waals surface area contributed by atoms with Gasteiger partial charge in [0.2, 0.25) is 0 Å². The molecule has 0 amide bonds. The molecule has 0 unspecified atom stereocenters. The molecular weight excluding hydrogens is 337 g/mol. The lowest BCUT2D eigenvalue weighted by Crippen LogP contribution is -1.96. The predicted octanol–water partition coefficient (Wildman–Crippen LogP) is 5.03. The maximum atomic E-state index is 13.5.